The van der Waals surface area contributed by atoms with Gasteiger partial charge in [-0.25, -0.2) is 0 Å². The van der Waals surface area contributed by atoms with E-state index in [1.165, 1.54) is 41.6 Å². The van der Waals surface area contributed by atoms with Gasteiger partial charge in [0.2, 0.25) is 0 Å². The molecule has 0 unspecified atom stereocenters. The Bertz CT molecular complexity index is 1320. The van der Waals surface area contributed by atoms with Crippen molar-refractivity contribution >= 4 is 33.0 Å². The Morgan fingerprint density at radius 3 is 2.45 bits per heavy atom. The molecule has 0 atom stereocenters. The van der Waals surface area contributed by atoms with Crippen LogP contribution in [-0.4, -0.2) is 20.7 Å². The van der Waals surface area contributed by atoms with Crippen LogP contribution in [0.4, 0.5) is 5.69 Å². The van der Waals surface area contributed by atoms with Crippen molar-refractivity contribution in [2.24, 2.45) is 0 Å². The Balaban J connectivity index is 0.000000373. The summed E-state index contributed by atoms with van der Waals surface area (Å²) in [6.07, 6.45) is 3.11. The molecule has 0 amide bonds. The molecule has 1 heterocycles. The van der Waals surface area contributed by atoms with E-state index in [9.17, 15) is 0 Å². The number of pyridine rings is 1. The van der Waals surface area contributed by atoms with Gasteiger partial charge in [-0.1, -0.05) is 35.9 Å². The number of aromatic nitrogens is 1. The molecule has 0 aliphatic heterocycles. The Morgan fingerprint density at radius 2 is 1.81 bits per heavy atom. The number of aliphatic hydroxyl groups is 1. The smallest absolute Gasteiger partial charge is 0.316 e. The number of carbonyl (C=O) groups excluding carboxylic acids is 1. The van der Waals surface area contributed by atoms with E-state index < -0.39 is 0 Å². The number of hydrogen-bond acceptors (Lipinski definition) is 2. The molecule has 3 aromatic carbocycles. The third-order valence-electron chi connectivity index (χ3n) is 4.50. The van der Waals surface area contributed by atoms with Gasteiger partial charge in [-0.15, -0.1) is 23.8 Å². The van der Waals surface area contributed by atoms with Crippen molar-refractivity contribution in [2.45, 2.75) is 20.8 Å². The van der Waals surface area contributed by atoms with E-state index in [0.29, 0.717) is 5.69 Å². The Hall–Kier alpha value is -3.32. The van der Waals surface area contributed by atoms with Crippen LogP contribution >= 0.6 is 0 Å². The standard InChI is InChI=1S/C21H13N2.C5H8O2.Ir/c1-14-6-8-18-15(12-14)7-9-20-19(18)10-11-23-21(20)16-4-3-5-17(13-16)22-2;1-4(6)3-5(2)7;/h3,5-13H,1H3;3,6H,1-2H3;/q-1;;/p+1/b;4-3-;. The van der Waals surface area contributed by atoms with Crippen LogP contribution in [0.3, 0.4) is 0 Å². The van der Waals surface area contributed by atoms with Gasteiger partial charge in [0.25, 0.3) is 0 Å². The number of allylic oxidation sites excluding steroid dienone is 2. The predicted molar refractivity (Wildman–Crippen MR) is 124 cm³/mol. The fourth-order valence-electron chi connectivity index (χ4n) is 3.29. The monoisotopic (exact) mass is 587 g/mol. The number of benzene rings is 3. The normalized spacial score (nSPS) is 10.6. The molecular weight excluding hydrogens is 565 g/mol. The first-order chi connectivity index (χ1) is 14.4. The van der Waals surface area contributed by atoms with Crippen molar-refractivity contribution < 1.29 is 30.0 Å². The average Bonchev–Trinajstić information content (AvgIpc) is 2.72. The van der Waals surface area contributed by atoms with Crippen LogP contribution in [0.2, 0.25) is 0 Å². The summed E-state index contributed by atoms with van der Waals surface area (Å²) in [5.41, 5.74) is 3.59. The molecule has 0 saturated heterocycles. The van der Waals surface area contributed by atoms with E-state index in [1.807, 2.05) is 12.3 Å². The number of fused-ring (bicyclic) bond motifs is 3. The molecule has 4 rings (SSSR count). The zero-order valence-corrected chi connectivity index (χ0v) is 19.9. The maximum atomic E-state index is 8.40. The number of aryl methyl sites for hydroxylation is 1. The molecule has 1 radical (unpaired) electrons. The third kappa shape index (κ3) is 5.86. The maximum Gasteiger partial charge on any atom is 0.316 e. The van der Waals surface area contributed by atoms with Crippen LogP contribution in [-0.2, 0) is 20.1 Å². The molecule has 0 fully saturated rings. The van der Waals surface area contributed by atoms with Gasteiger partial charge in [-0.05, 0) is 47.2 Å². The van der Waals surface area contributed by atoms with Gasteiger partial charge in [-0.2, -0.15) is 6.07 Å². The fraction of sp³-hybridized carbons (Fsp3) is 0.115. The van der Waals surface area contributed by atoms with Crippen LogP contribution in [0, 0.1) is 19.6 Å². The molecule has 5 heteroatoms. The summed E-state index contributed by atoms with van der Waals surface area (Å²) >= 11 is 0. The topological polar surface area (TPSA) is 58.9 Å². The van der Waals surface area contributed by atoms with E-state index in [4.69, 9.17) is 16.5 Å². The molecule has 0 bridgehead atoms. The zero-order chi connectivity index (χ0) is 21.7. The number of rotatable bonds is 2. The zero-order valence-electron chi connectivity index (χ0n) is 17.5. The van der Waals surface area contributed by atoms with Crippen molar-refractivity contribution in [3.8, 4) is 11.3 Å². The Kier molecular flexibility index (Phi) is 8.21. The van der Waals surface area contributed by atoms with Crippen molar-refractivity contribution in [3.63, 3.8) is 0 Å². The van der Waals surface area contributed by atoms with E-state index in [1.54, 1.807) is 12.1 Å². The average molecular weight is 587 g/mol. The summed E-state index contributed by atoms with van der Waals surface area (Å²) in [5.74, 6) is 0.250. The fourth-order valence-corrected chi connectivity index (χ4v) is 3.29. The summed E-state index contributed by atoms with van der Waals surface area (Å²) in [7, 11) is 0. The number of aliphatic hydroxyl groups excluding tert-OH is 1. The van der Waals surface area contributed by atoms with Crippen LogP contribution in [0.1, 0.15) is 19.4 Å². The van der Waals surface area contributed by atoms with E-state index in [0.717, 1.165) is 16.6 Å². The molecule has 0 saturated carbocycles. The molecule has 1 aromatic heterocycles. The number of hydrogen-bond donors (Lipinski definition) is 1. The van der Waals surface area contributed by atoms with Crippen LogP contribution in [0.15, 0.2) is 72.6 Å². The van der Waals surface area contributed by atoms with Gasteiger partial charge in [0, 0.05) is 26.3 Å². The molecule has 4 nitrogen and oxygen atoms in total. The van der Waals surface area contributed by atoms with E-state index in [-0.39, 0.29) is 31.6 Å². The largest absolute Gasteiger partial charge is 0.512 e. The summed E-state index contributed by atoms with van der Waals surface area (Å²) < 4.78 is 0. The molecule has 0 aliphatic carbocycles. The molecule has 157 valence electrons. The number of nitrogens with zero attached hydrogens (tertiary/aromatic N) is 2. The second-order valence-corrected chi connectivity index (χ2v) is 7.04. The van der Waals surface area contributed by atoms with E-state index in [2.05, 4.69) is 59.2 Å². The molecule has 4 aromatic rings. The van der Waals surface area contributed by atoms with Crippen molar-refractivity contribution in [2.75, 3.05) is 0 Å². The van der Waals surface area contributed by atoms with Gasteiger partial charge >= 0.3 is 5.78 Å². The minimum absolute atomic E-state index is 0. The molecule has 0 spiro atoms. The van der Waals surface area contributed by atoms with Gasteiger partial charge in [0.15, 0.2) is 0 Å². The first kappa shape index (κ1) is 24.0. The van der Waals surface area contributed by atoms with Crippen LogP contribution in [0.5, 0.6) is 0 Å². The van der Waals surface area contributed by atoms with Crippen LogP contribution < -0.4 is 0 Å². The van der Waals surface area contributed by atoms with Crippen molar-refractivity contribution in [1.82, 2.24) is 4.98 Å². The minimum Gasteiger partial charge on any atom is -0.512 e. The van der Waals surface area contributed by atoms with Crippen molar-refractivity contribution in [1.29, 1.82) is 0 Å². The minimum atomic E-state index is 0. The van der Waals surface area contributed by atoms with Gasteiger partial charge in [0.1, 0.15) is 5.69 Å². The summed E-state index contributed by atoms with van der Waals surface area (Å²) in [6.45, 7) is 12.3. The quantitative estimate of drug-likeness (QED) is 0.0932. The SMILES string of the molecule is CC(=[OH+])/C=C(/C)O.[C-]#[N+]c1cc[c-]c(-c2nccc3c2ccc2cc(C)ccc23)c1.[Ir]. The van der Waals surface area contributed by atoms with Crippen molar-refractivity contribution in [3.05, 3.63) is 95.7 Å². The van der Waals surface area contributed by atoms with Crippen LogP contribution in [0.25, 0.3) is 37.6 Å². The second-order valence-electron chi connectivity index (χ2n) is 7.04. The summed E-state index contributed by atoms with van der Waals surface area (Å²) in [4.78, 5) is 16.4. The first-order valence-electron chi connectivity index (χ1n) is 9.46. The second kappa shape index (κ2) is 10.6. The summed E-state index contributed by atoms with van der Waals surface area (Å²) in [6, 6.07) is 21.4. The maximum absolute atomic E-state index is 8.40. The third-order valence-corrected chi connectivity index (χ3v) is 4.50. The molecule has 2 N–H and O–H groups in total. The van der Waals surface area contributed by atoms with Gasteiger partial charge < -0.3 is 10.1 Å². The van der Waals surface area contributed by atoms with Gasteiger partial charge in [-0.3, -0.25) is 9.64 Å². The van der Waals surface area contributed by atoms with Gasteiger partial charge in [0.05, 0.1) is 25.3 Å². The number of ketones is 1. The predicted octanol–water partition coefficient (Wildman–Crippen LogP) is 6.72. The first-order valence-corrected chi connectivity index (χ1v) is 9.46. The summed E-state index contributed by atoms with van der Waals surface area (Å²) in [5, 5.41) is 13.1. The molecule has 31 heavy (non-hydrogen) atoms. The Morgan fingerprint density at radius 1 is 1.06 bits per heavy atom. The molecule has 0 aliphatic rings. The van der Waals surface area contributed by atoms with E-state index >= 15 is 0 Å². The Labute approximate surface area is 195 Å². The molecular formula is C26H22IrN2O2.